The molecule has 3 rings (SSSR count). The van der Waals surface area contributed by atoms with Crippen molar-refractivity contribution in [2.24, 2.45) is 11.7 Å². The second kappa shape index (κ2) is 8.62. The van der Waals surface area contributed by atoms with E-state index in [4.69, 9.17) is 17.3 Å². The number of carbonyl (C=O) groups excluding carboxylic acids is 3. The van der Waals surface area contributed by atoms with E-state index in [1.54, 1.807) is 24.3 Å². The Morgan fingerprint density at radius 2 is 2.04 bits per heavy atom. The number of hydrogen-bond donors (Lipinski definition) is 4. The van der Waals surface area contributed by atoms with Crippen LogP contribution >= 0.6 is 11.6 Å². The second-order valence-electron chi connectivity index (χ2n) is 6.76. The summed E-state index contributed by atoms with van der Waals surface area (Å²) in [6.07, 6.45) is 3.66. The number of carbonyl (C=O) groups is 3. The second-order valence-corrected chi connectivity index (χ2v) is 7.19. The van der Waals surface area contributed by atoms with Gasteiger partial charge in [0.25, 0.3) is 5.91 Å². The molecule has 1 aromatic carbocycles. The molecular formula is C19H23ClN5O3. The van der Waals surface area contributed by atoms with E-state index in [-0.39, 0.29) is 29.5 Å². The molecule has 2 unspecified atom stereocenters. The lowest BCUT2D eigenvalue weighted by molar-refractivity contribution is -0.122. The van der Waals surface area contributed by atoms with Crippen LogP contribution in [0.25, 0.3) is 10.9 Å². The van der Waals surface area contributed by atoms with E-state index in [2.05, 4.69) is 16.2 Å². The Bertz CT molecular complexity index is 902. The van der Waals surface area contributed by atoms with Crippen LogP contribution in [0.4, 0.5) is 4.79 Å². The van der Waals surface area contributed by atoms with Gasteiger partial charge in [0.1, 0.15) is 5.69 Å². The predicted molar refractivity (Wildman–Crippen MR) is 107 cm³/mol. The molecule has 28 heavy (non-hydrogen) atoms. The lowest BCUT2D eigenvalue weighted by Crippen LogP contribution is -2.43. The first kappa shape index (κ1) is 20.2. The third-order valence-corrected chi connectivity index (χ3v) is 5.06. The van der Waals surface area contributed by atoms with E-state index in [9.17, 15) is 14.4 Å². The fourth-order valence-electron chi connectivity index (χ4n) is 3.37. The molecule has 0 spiro atoms. The summed E-state index contributed by atoms with van der Waals surface area (Å²) in [6, 6.07) is 6.05. The molecule has 3 amide bonds. The molecule has 8 nitrogen and oxygen atoms in total. The molecule has 0 saturated heterocycles. The van der Waals surface area contributed by atoms with Crippen LogP contribution in [0.1, 0.15) is 36.7 Å². The van der Waals surface area contributed by atoms with Crippen LogP contribution in [-0.2, 0) is 4.79 Å². The van der Waals surface area contributed by atoms with E-state index in [0.29, 0.717) is 41.7 Å². The van der Waals surface area contributed by atoms with Crippen LogP contribution in [0.3, 0.4) is 0 Å². The molecule has 0 aliphatic heterocycles. The zero-order valence-electron chi connectivity index (χ0n) is 15.5. The molecule has 1 fully saturated rings. The molecule has 149 valence electrons. The lowest BCUT2D eigenvalue weighted by atomic mass is 9.85. The van der Waals surface area contributed by atoms with E-state index < -0.39 is 6.03 Å². The van der Waals surface area contributed by atoms with Crippen LogP contribution in [0.2, 0.25) is 5.02 Å². The highest BCUT2D eigenvalue weighted by molar-refractivity contribution is 6.31. The van der Waals surface area contributed by atoms with Crippen LogP contribution in [0, 0.1) is 12.3 Å². The number of rotatable bonds is 5. The Balaban J connectivity index is 1.83. The van der Waals surface area contributed by atoms with Crippen molar-refractivity contribution in [1.82, 2.24) is 20.7 Å². The molecule has 1 aliphatic carbocycles. The third kappa shape index (κ3) is 4.28. The first-order valence-electron chi connectivity index (χ1n) is 9.18. The number of nitrogens with one attached hydrogen (secondary N) is 3. The van der Waals surface area contributed by atoms with Gasteiger partial charge >= 0.3 is 6.03 Å². The summed E-state index contributed by atoms with van der Waals surface area (Å²) in [5.41, 5.74) is 11.4. The number of benzene rings is 1. The number of nitrogens with two attached hydrogens (primary N) is 1. The maximum Gasteiger partial charge on any atom is 0.341 e. The molecule has 1 heterocycles. The van der Waals surface area contributed by atoms with Gasteiger partial charge in [-0.25, -0.2) is 10.2 Å². The average Bonchev–Trinajstić information content (AvgIpc) is 3.05. The molecule has 5 N–H and O–H groups in total. The SMILES string of the molecule is CCNNC(=O)n1c(C(=O)NC2[CH]CC(C(N)=O)CC2)cc2cc(Cl)ccc21. The van der Waals surface area contributed by atoms with E-state index in [1.165, 1.54) is 4.57 Å². The van der Waals surface area contributed by atoms with Crippen LogP contribution in [-0.4, -0.2) is 35.0 Å². The Labute approximate surface area is 167 Å². The number of hydrazine groups is 1. The molecule has 1 aromatic heterocycles. The third-order valence-electron chi connectivity index (χ3n) is 4.82. The minimum Gasteiger partial charge on any atom is -0.369 e. The van der Waals surface area contributed by atoms with Crippen molar-refractivity contribution in [1.29, 1.82) is 0 Å². The van der Waals surface area contributed by atoms with Crippen LogP contribution < -0.4 is 21.9 Å². The molecule has 1 saturated carbocycles. The van der Waals surface area contributed by atoms with E-state index >= 15 is 0 Å². The maximum absolute atomic E-state index is 12.9. The highest BCUT2D eigenvalue weighted by Crippen LogP contribution is 2.26. The summed E-state index contributed by atoms with van der Waals surface area (Å²) in [6.45, 7) is 2.38. The summed E-state index contributed by atoms with van der Waals surface area (Å²) < 4.78 is 1.32. The van der Waals surface area contributed by atoms with Gasteiger partial charge in [-0.1, -0.05) is 18.5 Å². The standard InChI is InChI=1S/C19H23ClN5O3/c1-2-22-24-19(28)25-15-8-5-13(20)9-12(15)10-16(25)18(27)23-14-6-3-11(4-7-14)17(21)26/h5-6,8-11,14,22H,2-4,7H2,1H3,(H2,21,26)(H,23,27)(H,24,28). The summed E-state index contributed by atoms with van der Waals surface area (Å²) in [7, 11) is 0. The van der Waals surface area contributed by atoms with Gasteiger partial charge in [-0.05, 0) is 49.9 Å². The Morgan fingerprint density at radius 3 is 2.68 bits per heavy atom. The summed E-state index contributed by atoms with van der Waals surface area (Å²) in [5, 5.41) is 4.12. The van der Waals surface area contributed by atoms with Crippen molar-refractivity contribution in [2.75, 3.05) is 6.54 Å². The topological polar surface area (TPSA) is 118 Å². The number of fused-ring (bicyclic) bond motifs is 1. The number of primary amides is 1. The number of aromatic nitrogens is 1. The van der Waals surface area contributed by atoms with Crippen molar-refractivity contribution < 1.29 is 14.4 Å². The fourth-order valence-corrected chi connectivity index (χ4v) is 3.55. The van der Waals surface area contributed by atoms with Gasteiger partial charge in [-0.3, -0.25) is 19.6 Å². The van der Waals surface area contributed by atoms with Gasteiger partial charge in [-0.15, -0.1) is 0 Å². The quantitative estimate of drug-likeness (QED) is 0.569. The van der Waals surface area contributed by atoms with Crippen molar-refractivity contribution in [3.05, 3.63) is 41.4 Å². The minimum absolute atomic E-state index is 0.185. The van der Waals surface area contributed by atoms with Gasteiger partial charge < -0.3 is 11.1 Å². The van der Waals surface area contributed by atoms with Gasteiger partial charge in [0.15, 0.2) is 0 Å². The summed E-state index contributed by atoms with van der Waals surface area (Å²) in [4.78, 5) is 36.8. The van der Waals surface area contributed by atoms with Gasteiger partial charge in [-0.2, -0.15) is 0 Å². The molecule has 2 atom stereocenters. The number of amides is 3. The Hall–Kier alpha value is -2.58. The maximum atomic E-state index is 12.9. The van der Waals surface area contributed by atoms with Crippen molar-refractivity contribution in [2.45, 2.75) is 32.2 Å². The minimum atomic E-state index is -0.467. The van der Waals surface area contributed by atoms with Crippen molar-refractivity contribution >= 4 is 40.3 Å². The van der Waals surface area contributed by atoms with Gasteiger partial charge in [0, 0.05) is 28.9 Å². The van der Waals surface area contributed by atoms with E-state index in [1.807, 2.05) is 13.3 Å². The predicted octanol–water partition coefficient (Wildman–Crippen LogP) is 1.96. The highest BCUT2D eigenvalue weighted by atomic mass is 35.5. The largest absolute Gasteiger partial charge is 0.369 e. The van der Waals surface area contributed by atoms with Crippen molar-refractivity contribution in [3.63, 3.8) is 0 Å². The normalized spacial score (nSPS) is 19.4. The average molecular weight is 405 g/mol. The fraction of sp³-hybridized carbons (Fsp3) is 0.368. The molecule has 1 radical (unpaired) electrons. The zero-order chi connectivity index (χ0) is 20.3. The smallest absolute Gasteiger partial charge is 0.341 e. The Morgan fingerprint density at radius 1 is 1.25 bits per heavy atom. The number of hydrogen-bond acceptors (Lipinski definition) is 4. The monoisotopic (exact) mass is 404 g/mol. The summed E-state index contributed by atoms with van der Waals surface area (Å²) >= 11 is 6.05. The molecule has 1 aliphatic rings. The first-order chi connectivity index (χ1) is 13.4. The molecular weight excluding hydrogens is 382 g/mol. The number of nitrogens with zero attached hydrogens (tertiary/aromatic N) is 1. The molecule has 2 aromatic rings. The first-order valence-corrected chi connectivity index (χ1v) is 9.56. The Kier molecular flexibility index (Phi) is 6.21. The van der Waals surface area contributed by atoms with Gasteiger partial charge in [0.05, 0.1) is 5.52 Å². The van der Waals surface area contributed by atoms with Crippen LogP contribution in [0.15, 0.2) is 24.3 Å². The molecule has 9 heteroatoms. The van der Waals surface area contributed by atoms with Gasteiger partial charge in [0.2, 0.25) is 5.91 Å². The zero-order valence-corrected chi connectivity index (χ0v) is 16.3. The lowest BCUT2D eigenvalue weighted by Gasteiger charge is -2.27. The summed E-state index contributed by atoms with van der Waals surface area (Å²) in [5.74, 6) is -0.886. The van der Waals surface area contributed by atoms with Crippen molar-refractivity contribution in [3.8, 4) is 0 Å². The molecule has 0 bridgehead atoms. The van der Waals surface area contributed by atoms with Crippen LogP contribution in [0.5, 0.6) is 0 Å². The number of halogens is 1. The highest BCUT2D eigenvalue weighted by Gasteiger charge is 2.28. The van der Waals surface area contributed by atoms with E-state index in [0.717, 1.165) is 0 Å².